The molecular formula is C17H18N4. The molecule has 2 aromatic heterocycles. The normalized spacial score (nSPS) is 10.6. The Morgan fingerprint density at radius 1 is 1.00 bits per heavy atom. The quantitative estimate of drug-likeness (QED) is 0.794. The average Bonchev–Trinajstić information content (AvgIpc) is 3.01. The Morgan fingerprint density at radius 2 is 1.81 bits per heavy atom. The van der Waals surface area contributed by atoms with Gasteiger partial charge < -0.3 is 5.32 Å². The molecule has 4 heteroatoms. The van der Waals surface area contributed by atoms with Gasteiger partial charge in [-0.15, -0.1) is 0 Å². The largest absolute Gasteiger partial charge is 0.378 e. The van der Waals surface area contributed by atoms with Crippen molar-refractivity contribution >= 4 is 5.69 Å². The summed E-state index contributed by atoms with van der Waals surface area (Å²) in [5.41, 5.74) is 4.90. The number of anilines is 1. The number of aromatic nitrogens is 3. The molecule has 0 unspecified atom stereocenters. The van der Waals surface area contributed by atoms with Crippen molar-refractivity contribution in [2.75, 3.05) is 5.32 Å². The Balaban J connectivity index is 1.86. The zero-order chi connectivity index (χ0) is 14.7. The van der Waals surface area contributed by atoms with Crippen LogP contribution in [0.4, 0.5) is 5.69 Å². The third-order valence-electron chi connectivity index (χ3n) is 3.61. The van der Waals surface area contributed by atoms with Crippen LogP contribution in [-0.2, 0) is 6.54 Å². The Bertz CT molecular complexity index is 712. The van der Waals surface area contributed by atoms with Crippen molar-refractivity contribution in [1.29, 1.82) is 0 Å². The predicted molar refractivity (Wildman–Crippen MR) is 84.6 cm³/mol. The molecular weight excluding hydrogens is 260 g/mol. The summed E-state index contributed by atoms with van der Waals surface area (Å²) in [5.74, 6) is 0.814. The highest BCUT2D eigenvalue weighted by molar-refractivity contribution is 5.56. The van der Waals surface area contributed by atoms with Crippen molar-refractivity contribution in [2.24, 2.45) is 0 Å². The smallest absolute Gasteiger partial charge is 0.176 e. The third kappa shape index (κ3) is 2.79. The molecule has 0 aliphatic rings. The van der Waals surface area contributed by atoms with Gasteiger partial charge >= 0.3 is 0 Å². The number of hydrogen-bond donors (Lipinski definition) is 1. The van der Waals surface area contributed by atoms with E-state index in [2.05, 4.69) is 47.4 Å². The molecule has 0 fully saturated rings. The first kappa shape index (κ1) is 13.4. The predicted octanol–water partition coefficient (Wildman–Crippen LogP) is 3.50. The molecule has 0 spiro atoms. The van der Waals surface area contributed by atoms with Crippen molar-refractivity contribution in [3.05, 3.63) is 71.7 Å². The van der Waals surface area contributed by atoms with Crippen molar-refractivity contribution in [2.45, 2.75) is 20.4 Å². The molecule has 21 heavy (non-hydrogen) atoms. The van der Waals surface area contributed by atoms with Crippen LogP contribution < -0.4 is 5.32 Å². The van der Waals surface area contributed by atoms with Crippen LogP contribution in [0.3, 0.4) is 0 Å². The number of aryl methyl sites for hydroxylation is 2. The maximum atomic E-state index is 4.42. The van der Waals surface area contributed by atoms with Gasteiger partial charge in [-0.25, -0.2) is 9.67 Å². The van der Waals surface area contributed by atoms with E-state index in [1.165, 1.54) is 16.7 Å². The van der Waals surface area contributed by atoms with Crippen molar-refractivity contribution < 1.29 is 0 Å². The number of nitrogens with zero attached hydrogens (tertiary/aromatic N) is 3. The Morgan fingerprint density at radius 3 is 2.52 bits per heavy atom. The van der Waals surface area contributed by atoms with Gasteiger partial charge in [0.1, 0.15) is 0 Å². The van der Waals surface area contributed by atoms with Crippen LogP contribution in [0.5, 0.6) is 0 Å². The number of nitrogens with one attached hydrogen (secondary N) is 1. The highest BCUT2D eigenvalue weighted by Gasteiger charge is 2.07. The highest BCUT2D eigenvalue weighted by Crippen LogP contribution is 2.19. The summed E-state index contributed by atoms with van der Waals surface area (Å²) in [5, 5.41) is 7.73. The SMILES string of the molecule is Cc1cccc(C)c1CNc1cccnc1-n1cccn1. The first-order valence-electron chi connectivity index (χ1n) is 6.99. The molecule has 0 saturated heterocycles. The molecule has 0 bridgehead atoms. The van der Waals surface area contributed by atoms with Gasteiger partial charge in [0.25, 0.3) is 0 Å². The molecule has 106 valence electrons. The molecule has 0 atom stereocenters. The van der Waals surface area contributed by atoms with Gasteiger partial charge in [0.2, 0.25) is 0 Å². The second-order valence-corrected chi connectivity index (χ2v) is 5.05. The van der Waals surface area contributed by atoms with E-state index in [1.807, 2.05) is 24.4 Å². The van der Waals surface area contributed by atoms with E-state index in [9.17, 15) is 0 Å². The minimum Gasteiger partial charge on any atom is -0.378 e. The molecule has 0 aliphatic heterocycles. The second kappa shape index (κ2) is 5.79. The van der Waals surface area contributed by atoms with E-state index in [0.717, 1.165) is 18.1 Å². The van der Waals surface area contributed by atoms with E-state index >= 15 is 0 Å². The van der Waals surface area contributed by atoms with E-state index in [1.54, 1.807) is 17.1 Å². The Hall–Kier alpha value is -2.62. The van der Waals surface area contributed by atoms with Crippen LogP contribution in [0.1, 0.15) is 16.7 Å². The summed E-state index contributed by atoms with van der Waals surface area (Å²) in [6, 6.07) is 12.2. The summed E-state index contributed by atoms with van der Waals surface area (Å²) < 4.78 is 1.77. The summed E-state index contributed by atoms with van der Waals surface area (Å²) in [7, 11) is 0. The molecule has 0 amide bonds. The second-order valence-electron chi connectivity index (χ2n) is 5.05. The fraction of sp³-hybridized carbons (Fsp3) is 0.176. The fourth-order valence-corrected chi connectivity index (χ4v) is 2.42. The lowest BCUT2D eigenvalue weighted by Gasteiger charge is -2.14. The Labute approximate surface area is 124 Å². The van der Waals surface area contributed by atoms with E-state index < -0.39 is 0 Å². The van der Waals surface area contributed by atoms with Gasteiger partial charge in [-0.05, 0) is 48.7 Å². The number of rotatable bonds is 4. The number of pyridine rings is 1. The summed E-state index contributed by atoms with van der Waals surface area (Å²) in [6.07, 6.45) is 5.43. The average molecular weight is 278 g/mol. The van der Waals surface area contributed by atoms with Crippen LogP contribution in [0.2, 0.25) is 0 Å². The molecule has 0 aliphatic carbocycles. The zero-order valence-corrected chi connectivity index (χ0v) is 12.2. The van der Waals surface area contributed by atoms with Crippen molar-refractivity contribution in [1.82, 2.24) is 14.8 Å². The monoisotopic (exact) mass is 278 g/mol. The maximum Gasteiger partial charge on any atom is 0.176 e. The molecule has 3 rings (SSSR count). The molecule has 0 radical (unpaired) electrons. The fourth-order valence-electron chi connectivity index (χ4n) is 2.42. The lowest BCUT2D eigenvalue weighted by Crippen LogP contribution is -2.08. The van der Waals surface area contributed by atoms with Gasteiger partial charge in [0.05, 0.1) is 5.69 Å². The molecule has 2 heterocycles. The third-order valence-corrected chi connectivity index (χ3v) is 3.61. The summed E-state index contributed by atoms with van der Waals surface area (Å²) >= 11 is 0. The lowest BCUT2D eigenvalue weighted by molar-refractivity contribution is 0.846. The van der Waals surface area contributed by atoms with E-state index in [4.69, 9.17) is 0 Å². The van der Waals surface area contributed by atoms with Gasteiger partial charge in [0.15, 0.2) is 5.82 Å². The molecule has 1 N–H and O–H groups in total. The van der Waals surface area contributed by atoms with Crippen LogP contribution in [0, 0.1) is 13.8 Å². The van der Waals surface area contributed by atoms with Gasteiger partial charge in [-0.2, -0.15) is 5.10 Å². The molecule has 3 aromatic rings. The van der Waals surface area contributed by atoms with E-state index in [0.29, 0.717) is 0 Å². The molecule has 4 nitrogen and oxygen atoms in total. The standard InChI is InChI=1S/C17H18N4/c1-13-6-3-7-14(2)15(13)12-19-16-8-4-9-18-17(16)21-11-5-10-20-21/h3-11,19H,12H2,1-2H3. The van der Waals surface area contributed by atoms with Crippen molar-refractivity contribution in [3.63, 3.8) is 0 Å². The number of hydrogen-bond acceptors (Lipinski definition) is 3. The molecule has 1 aromatic carbocycles. The summed E-state index contributed by atoms with van der Waals surface area (Å²) in [6.45, 7) is 5.06. The maximum absolute atomic E-state index is 4.42. The molecule has 0 saturated carbocycles. The zero-order valence-electron chi connectivity index (χ0n) is 12.2. The van der Waals surface area contributed by atoms with Gasteiger partial charge in [0, 0.05) is 25.1 Å². The summed E-state index contributed by atoms with van der Waals surface area (Å²) in [4.78, 5) is 4.42. The van der Waals surface area contributed by atoms with Crippen LogP contribution in [-0.4, -0.2) is 14.8 Å². The van der Waals surface area contributed by atoms with Crippen LogP contribution in [0.25, 0.3) is 5.82 Å². The van der Waals surface area contributed by atoms with Crippen molar-refractivity contribution in [3.8, 4) is 5.82 Å². The Kier molecular flexibility index (Phi) is 3.69. The van der Waals surface area contributed by atoms with Crippen LogP contribution in [0.15, 0.2) is 55.0 Å². The first-order valence-corrected chi connectivity index (χ1v) is 6.99. The lowest BCUT2D eigenvalue weighted by atomic mass is 10.0. The van der Waals surface area contributed by atoms with Gasteiger partial charge in [-0.1, -0.05) is 18.2 Å². The van der Waals surface area contributed by atoms with E-state index in [-0.39, 0.29) is 0 Å². The first-order chi connectivity index (χ1) is 10.3. The highest BCUT2D eigenvalue weighted by atomic mass is 15.3. The van der Waals surface area contributed by atoms with Crippen LogP contribution >= 0.6 is 0 Å². The topological polar surface area (TPSA) is 42.7 Å². The minimum atomic E-state index is 0.776. The minimum absolute atomic E-state index is 0.776. The van der Waals surface area contributed by atoms with Gasteiger partial charge in [-0.3, -0.25) is 0 Å². The number of benzene rings is 1.